The Labute approximate surface area is 177 Å². The molecule has 0 atom stereocenters. The van der Waals surface area contributed by atoms with E-state index in [4.69, 9.17) is 16.3 Å². The molecule has 0 unspecified atom stereocenters. The summed E-state index contributed by atoms with van der Waals surface area (Å²) in [4.78, 5) is 27.8. The van der Waals surface area contributed by atoms with Gasteiger partial charge in [0.05, 0.1) is 24.1 Å². The first-order chi connectivity index (χ1) is 14.5. The van der Waals surface area contributed by atoms with Crippen molar-refractivity contribution in [2.24, 2.45) is 0 Å². The number of para-hydroxylation sites is 1. The van der Waals surface area contributed by atoms with Gasteiger partial charge in [-0.05, 0) is 36.4 Å². The van der Waals surface area contributed by atoms with Crippen LogP contribution in [0.15, 0.2) is 72.8 Å². The van der Waals surface area contributed by atoms with Gasteiger partial charge in [-0.3, -0.25) is 0 Å². The number of carbonyl (C=O) groups excluding carboxylic acids is 2. The molecule has 30 heavy (non-hydrogen) atoms. The molecule has 1 heterocycles. The van der Waals surface area contributed by atoms with Crippen molar-refractivity contribution >= 4 is 45.9 Å². The summed E-state index contributed by atoms with van der Waals surface area (Å²) >= 11 is 6.01. The second-order valence-corrected chi connectivity index (χ2v) is 7.02. The summed E-state index contributed by atoms with van der Waals surface area (Å²) < 4.78 is 4.72. The van der Waals surface area contributed by atoms with E-state index in [1.54, 1.807) is 36.4 Å². The highest BCUT2D eigenvalue weighted by molar-refractivity contribution is 6.30. The molecule has 2 amide bonds. The normalized spacial score (nSPS) is 10.6. The first kappa shape index (κ1) is 19.5. The van der Waals surface area contributed by atoms with Crippen molar-refractivity contribution in [2.75, 3.05) is 17.7 Å². The Bertz CT molecular complexity index is 1230. The van der Waals surface area contributed by atoms with E-state index in [9.17, 15) is 9.59 Å². The van der Waals surface area contributed by atoms with Crippen LogP contribution in [0.25, 0.3) is 22.2 Å². The van der Waals surface area contributed by atoms with Crippen molar-refractivity contribution in [1.82, 2.24) is 4.98 Å². The Hall–Kier alpha value is -3.77. The summed E-state index contributed by atoms with van der Waals surface area (Å²) in [6, 6.07) is 21.2. The number of ether oxygens (including phenoxy) is 1. The van der Waals surface area contributed by atoms with E-state index in [1.807, 2.05) is 36.4 Å². The van der Waals surface area contributed by atoms with E-state index in [1.165, 1.54) is 7.11 Å². The molecule has 0 fully saturated rings. The second-order valence-electron chi connectivity index (χ2n) is 6.58. The maximum atomic E-state index is 12.7. The van der Waals surface area contributed by atoms with E-state index >= 15 is 0 Å². The maximum Gasteiger partial charge on any atom is 0.337 e. The monoisotopic (exact) mass is 419 g/mol. The third kappa shape index (κ3) is 3.99. The quantitative estimate of drug-likeness (QED) is 0.359. The standard InChI is InChI=1S/C23H18ClN3O3/c1-30-22(28)15-5-4-6-17(13-15)25-23(29)27-21-18-7-2-3-8-19(18)26-20(21)14-9-11-16(24)12-10-14/h2-13,26H,1H3,(H2,25,27,29). The maximum absolute atomic E-state index is 12.7. The average Bonchev–Trinajstić information content (AvgIpc) is 3.12. The van der Waals surface area contributed by atoms with Crippen LogP contribution >= 0.6 is 11.6 Å². The van der Waals surface area contributed by atoms with Crippen molar-refractivity contribution in [1.29, 1.82) is 0 Å². The van der Waals surface area contributed by atoms with Crippen LogP contribution in [0, 0.1) is 0 Å². The number of nitrogens with one attached hydrogen (secondary N) is 3. The molecular formula is C23H18ClN3O3. The Morgan fingerprint density at radius 2 is 1.70 bits per heavy atom. The van der Waals surface area contributed by atoms with E-state index in [0.717, 1.165) is 22.2 Å². The number of esters is 1. The first-order valence-electron chi connectivity index (χ1n) is 9.18. The van der Waals surface area contributed by atoms with Gasteiger partial charge in [-0.15, -0.1) is 0 Å². The van der Waals surface area contributed by atoms with Crippen molar-refractivity contribution in [3.8, 4) is 11.3 Å². The fourth-order valence-corrected chi connectivity index (χ4v) is 3.35. The Morgan fingerprint density at radius 3 is 2.47 bits per heavy atom. The van der Waals surface area contributed by atoms with Gasteiger partial charge in [0.2, 0.25) is 0 Å². The minimum atomic E-state index is -0.472. The number of benzene rings is 3. The number of carbonyl (C=O) groups is 2. The topological polar surface area (TPSA) is 83.2 Å². The zero-order valence-corrected chi connectivity index (χ0v) is 16.8. The lowest BCUT2D eigenvalue weighted by Gasteiger charge is -2.10. The molecule has 3 aromatic carbocycles. The lowest BCUT2D eigenvalue weighted by molar-refractivity contribution is 0.0600. The molecule has 4 aromatic rings. The van der Waals surface area contributed by atoms with Crippen LogP contribution in [0.2, 0.25) is 5.02 Å². The van der Waals surface area contributed by atoms with E-state index in [0.29, 0.717) is 22.0 Å². The number of rotatable bonds is 4. The SMILES string of the molecule is COC(=O)c1cccc(NC(=O)Nc2c(-c3ccc(Cl)cc3)[nH]c3ccccc23)c1. The summed E-state index contributed by atoms with van der Waals surface area (Å²) in [5.41, 5.74) is 4.03. The van der Waals surface area contributed by atoms with E-state index < -0.39 is 12.0 Å². The van der Waals surface area contributed by atoms with Gasteiger partial charge < -0.3 is 20.4 Å². The number of aromatic nitrogens is 1. The molecule has 0 aliphatic rings. The fraction of sp³-hybridized carbons (Fsp3) is 0.0435. The van der Waals surface area contributed by atoms with Crippen LogP contribution < -0.4 is 10.6 Å². The molecule has 150 valence electrons. The lowest BCUT2D eigenvalue weighted by Crippen LogP contribution is -2.20. The van der Waals surface area contributed by atoms with Crippen molar-refractivity contribution in [2.45, 2.75) is 0 Å². The molecule has 4 rings (SSSR count). The van der Waals surface area contributed by atoms with Gasteiger partial charge in [-0.2, -0.15) is 0 Å². The molecule has 0 aliphatic heterocycles. The largest absolute Gasteiger partial charge is 0.465 e. The number of fused-ring (bicyclic) bond motifs is 1. The van der Waals surface area contributed by atoms with Crippen molar-refractivity contribution < 1.29 is 14.3 Å². The number of hydrogen-bond acceptors (Lipinski definition) is 3. The van der Waals surface area contributed by atoms with E-state index in [2.05, 4.69) is 15.6 Å². The van der Waals surface area contributed by atoms with Gasteiger partial charge in [-0.25, -0.2) is 9.59 Å². The van der Waals surface area contributed by atoms with Crippen LogP contribution in [0.5, 0.6) is 0 Å². The van der Waals surface area contributed by atoms with Crippen LogP contribution in [-0.2, 0) is 4.74 Å². The summed E-state index contributed by atoms with van der Waals surface area (Å²) in [5, 5.41) is 7.19. The molecule has 0 radical (unpaired) electrons. The number of anilines is 2. The number of hydrogen-bond donors (Lipinski definition) is 3. The van der Waals surface area contributed by atoms with E-state index in [-0.39, 0.29) is 0 Å². The third-order valence-electron chi connectivity index (χ3n) is 4.62. The number of halogens is 1. The van der Waals surface area contributed by atoms with Crippen molar-refractivity contribution in [3.63, 3.8) is 0 Å². The summed E-state index contributed by atoms with van der Waals surface area (Å²) in [7, 11) is 1.31. The van der Waals surface area contributed by atoms with Gasteiger partial charge >= 0.3 is 12.0 Å². The van der Waals surface area contributed by atoms with Crippen LogP contribution in [-0.4, -0.2) is 24.1 Å². The zero-order valence-electron chi connectivity index (χ0n) is 16.0. The van der Waals surface area contributed by atoms with Crippen molar-refractivity contribution in [3.05, 3.63) is 83.4 Å². The minimum Gasteiger partial charge on any atom is -0.465 e. The molecule has 1 aromatic heterocycles. The molecule has 0 saturated carbocycles. The lowest BCUT2D eigenvalue weighted by atomic mass is 10.1. The Kier molecular flexibility index (Phi) is 5.41. The molecule has 0 aliphatic carbocycles. The second kappa shape index (κ2) is 8.31. The van der Waals surface area contributed by atoms with Gasteiger partial charge in [0.25, 0.3) is 0 Å². The summed E-state index contributed by atoms with van der Waals surface area (Å²) in [6.07, 6.45) is 0. The summed E-state index contributed by atoms with van der Waals surface area (Å²) in [6.45, 7) is 0. The minimum absolute atomic E-state index is 0.351. The molecule has 0 bridgehead atoms. The Morgan fingerprint density at radius 1 is 0.933 bits per heavy atom. The highest BCUT2D eigenvalue weighted by Gasteiger charge is 2.16. The summed E-state index contributed by atoms with van der Waals surface area (Å²) in [5.74, 6) is -0.472. The third-order valence-corrected chi connectivity index (χ3v) is 4.87. The van der Waals surface area contributed by atoms with Crippen LogP contribution in [0.3, 0.4) is 0 Å². The number of urea groups is 1. The number of aromatic amines is 1. The van der Waals surface area contributed by atoms with Crippen LogP contribution in [0.1, 0.15) is 10.4 Å². The smallest absolute Gasteiger partial charge is 0.337 e. The van der Waals surface area contributed by atoms with Crippen LogP contribution in [0.4, 0.5) is 16.2 Å². The van der Waals surface area contributed by atoms with Gasteiger partial charge in [-0.1, -0.05) is 48.0 Å². The first-order valence-corrected chi connectivity index (χ1v) is 9.56. The number of methoxy groups -OCH3 is 1. The average molecular weight is 420 g/mol. The van der Waals surface area contributed by atoms with Gasteiger partial charge in [0.15, 0.2) is 0 Å². The predicted molar refractivity (Wildman–Crippen MR) is 119 cm³/mol. The molecule has 6 nitrogen and oxygen atoms in total. The van der Waals surface area contributed by atoms with Gasteiger partial charge in [0.1, 0.15) is 0 Å². The number of amides is 2. The molecule has 3 N–H and O–H groups in total. The highest BCUT2D eigenvalue weighted by atomic mass is 35.5. The highest BCUT2D eigenvalue weighted by Crippen LogP contribution is 2.35. The molecule has 0 spiro atoms. The predicted octanol–water partition coefficient (Wildman–Crippen LogP) is 5.92. The molecular weight excluding hydrogens is 402 g/mol. The van der Waals surface area contributed by atoms with Gasteiger partial charge in [0, 0.05) is 27.2 Å². The number of H-pyrrole nitrogens is 1. The zero-order chi connectivity index (χ0) is 21.1. The molecule has 0 saturated heterocycles. The fourth-order valence-electron chi connectivity index (χ4n) is 3.22. The molecule has 7 heteroatoms. The Balaban J connectivity index is 1.65.